The van der Waals surface area contributed by atoms with E-state index in [2.05, 4.69) is 28.7 Å². The number of sulfone groups is 1. The molecule has 0 saturated carbocycles. The highest BCUT2D eigenvalue weighted by Crippen LogP contribution is 2.23. The molecular weight excluding hydrogens is 363 g/mol. The first-order valence-corrected chi connectivity index (χ1v) is 8.07. The smallest absolute Gasteiger partial charge is 0.175 e. The number of ether oxygens (including phenoxy) is 1. The summed E-state index contributed by atoms with van der Waals surface area (Å²) < 4.78 is 29.2. The van der Waals surface area contributed by atoms with Crippen molar-refractivity contribution in [3.63, 3.8) is 0 Å². The highest BCUT2D eigenvalue weighted by molar-refractivity contribution is 14.1. The normalized spacial score (nSPS) is 11.2. The fraction of sp³-hybridized carbons (Fsp3) is 0.0769. The Balaban J connectivity index is 2.21. The lowest BCUT2D eigenvalue weighted by Gasteiger charge is -2.06. The minimum absolute atomic E-state index is 0.282. The summed E-state index contributed by atoms with van der Waals surface area (Å²) >= 11 is 2.17. The Labute approximate surface area is 120 Å². The molecule has 0 N–H and O–H groups in total. The molecule has 3 nitrogen and oxygen atoms in total. The van der Waals surface area contributed by atoms with Crippen molar-refractivity contribution in [3.8, 4) is 11.5 Å². The third kappa shape index (κ3) is 3.46. The fourth-order valence-corrected chi connectivity index (χ4v) is 2.49. The molecule has 1 radical (unpaired) electrons. The van der Waals surface area contributed by atoms with Gasteiger partial charge in [0, 0.05) is 9.83 Å². The van der Waals surface area contributed by atoms with Gasteiger partial charge in [-0.1, -0.05) is 0 Å². The summed E-state index contributed by atoms with van der Waals surface area (Å²) in [7, 11) is -3.16. The van der Waals surface area contributed by atoms with Gasteiger partial charge in [-0.2, -0.15) is 0 Å². The van der Waals surface area contributed by atoms with Gasteiger partial charge in [-0.15, -0.1) is 0 Å². The van der Waals surface area contributed by atoms with Gasteiger partial charge in [0.25, 0.3) is 0 Å². The summed E-state index contributed by atoms with van der Waals surface area (Å²) in [5.41, 5.74) is 0. The minimum atomic E-state index is -3.16. The van der Waals surface area contributed by atoms with E-state index in [1.54, 1.807) is 18.2 Å². The largest absolute Gasteiger partial charge is 0.457 e. The molecule has 0 aliphatic heterocycles. The lowest BCUT2D eigenvalue weighted by Crippen LogP contribution is -1.96. The van der Waals surface area contributed by atoms with E-state index in [-0.39, 0.29) is 4.90 Å². The highest BCUT2D eigenvalue weighted by atomic mass is 127. The summed E-state index contributed by atoms with van der Waals surface area (Å²) in [6, 6.07) is 14.7. The number of halogens is 1. The number of hydrogen-bond acceptors (Lipinski definition) is 3. The van der Waals surface area contributed by atoms with Crippen molar-refractivity contribution in [3.05, 3.63) is 52.1 Å². The van der Waals surface area contributed by atoms with Crippen molar-refractivity contribution in [2.45, 2.75) is 4.90 Å². The Morgan fingerprint density at radius 3 is 2.33 bits per heavy atom. The van der Waals surface area contributed by atoms with E-state index in [1.807, 2.05) is 12.1 Å². The summed E-state index contributed by atoms with van der Waals surface area (Å²) in [6.45, 7) is 0. The second-order valence-electron chi connectivity index (χ2n) is 3.73. The van der Waals surface area contributed by atoms with Gasteiger partial charge in [-0.25, -0.2) is 8.42 Å². The van der Waals surface area contributed by atoms with Crippen LogP contribution in [0.15, 0.2) is 47.4 Å². The molecule has 0 heterocycles. The first kappa shape index (κ1) is 13.4. The van der Waals surface area contributed by atoms with Gasteiger partial charge < -0.3 is 4.74 Å². The zero-order chi connectivity index (χ0) is 13.2. The van der Waals surface area contributed by atoms with Gasteiger partial charge >= 0.3 is 0 Å². The SMILES string of the molecule is CS(=O)(=O)c1ccc(Oc2c[c]cc(I)c2)cc1. The molecule has 2 rings (SSSR count). The third-order valence-corrected chi connectivity index (χ3v) is 3.97. The molecule has 0 saturated heterocycles. The van der Waals surface area contributed by atoms with Gasteiger partial charge in [-0.3, -0.25) is 0 Å². The van der Waals surface area contributed by atoms with E-state index >= 15 is 0 Å². The Bertz CT molecular complexity index is 648. The monoisotopic (exact) mass is 373 g/mol. The van der Waals surface area contributed by atoms with Crippen molar-refractivity contribution in [2.75, 3.05) is 6.26 Å². The Kier molecular flexibility index (Phi) is 3.91. The summed E-state index contributed by atoms with van der Waals surface area (Å²) in [6.07, 6.45) is 1.18. The Hall–Kier alpha value is -1.08. The number of hydrogen-bond donors (Lipinski definition) is 0. The van der Waals surface area contributed by atoms with Crippen LogP contribution in [0, 0.1) is 9.64 Å². The molecule has 2 aromatic carbocycles. The molecule has 5 heteroatoms. The van der Waals surface area contributed by atoms with E-state index < -0.39 is 9.84 Å². The van der Waals surface area contributed by atoms with E-state index in [9.17, 15) is 8.42 Å². The molecule has 0 unspecified atom stereocenters. The molecule has 18 heavy (non-hydrogen) atoms. The predicted octanol–water partition coefficient (Wildman–Crippen LogP) is 3.29. The Morgan fingerprint density at radius 1 is 1.11 bits per heavy atom. The summed E-state index contributed by atoms with van der Waals surface area (Å²) in [5.74, 6) is 1.27. The predicted molar refractivity (Wildman–Crippen MR) is 77.6 cm³/mol. The van der Waals surface area contributed by atoms with E-state index in [4.69, 9.17) is 4.74 Å². The molecule has 0 spiro atoms. The fourth-order valence-electron chi connectivity index (χ4n) is 1.37. The molecule has 0 amide bonds. The summed E-state index contributed by atoms with van der Waals surface area (Å²) in [5, 5.41) is 0. The lowest BCUT2D eigenvalue weighted by molar-refractivity contribution is 0.481. The van der Waals surface area contributed by atoms with E-state index in [1.165, 1.54) is 18.4 Å². The van der Waals surface area contributed by atoms with Crippen LogP contribution in [0.4, 0.5) is 0 Å². The minimum Gasteiger partial charge on any atom is -0.457 e. The molecule has 0 fully saturated rings. The molecule has 93 valence electrons. The van der Waals surface area contributed by atoms with Crippen LogP contribution in [-0.4, -0.2) is 14.7 Å². The molecule has 0 atom stereocenters. The second-order valence-corrected chi connectivity index (χ2v) is 6.99. The zero-order valence-electron chi connectivity index (χ0n) is 9.55. The van der Waals surface area contributed by atoms with Crippen LogP contribution in [0.5, 0.6) is 11.5 Å². The second kappa shape index (κ2) is 5.27. The van der Waals surface area contributed by atoms with Crippen LogP contribution < -0.4 is 4.74 Å². The van der Waals surface area contributed by atoms with Crippen LogP contribution >= 0.6 is 22.6 Å². The van der Waals surface area contributed by atoms with Crippen molar-refractivity contribution >= 4 is 32.4 Å². The standard InChI is InChI=1S/C13H10IO3S/c1-18(15,16)13-7-5-11(6-8-13)17-12-4-2-3-10(14)9-12/h3-9H,1H3. The van der Waals surface area contributed by atoms with Crippen molar-refractivity contribution in [1.29, 1.82) is 0 Å². The summed E-state index contributed by atoms with van der Waals surface area (Å²) in [4.78, 5) is 0.282. The quantitative estimate of drug-likeness (QED) is 0.776. The van der Waals surface area contributed by atoms with Gasteiger partial charge in [0.15, 0.2) is 9.84 Å². The van der Waals surface area contributed by atoms with Gasteiger partial charge in [0.2, 0.25) is 0 Å². The van der Waals surface area contributed by atoms with Gasteiger partial charge in [-0.05, 0) is 71.1 Å². The van der Waals surface area contributed by atoms with Crippen LogP contribution in [0.25, 0.3) is 0 Å². The van der Waals surface area contributed by atoms with Crippen LogP contribution in [0.2, 0.25) is 0 Å². The van der Waals surface area contributed by atoms with Crippen molar-refractivity contribution in [2.24, 2.45) is 0 Å². The topological polar surface area (TPSA) is 43.4 Å². The average Bonchev–Trinajstić information content (AvgIpc) is 2.28. The number of rotatable bonds is 3. The zero-order valence-corrected chi connectivity index (χ0v) is 12.5. The van der Waals surface area contributed by atoms with Crippen LogP contribution in [-0.2, 0) is 9.84 Å². The maximum absolute atomic E-state index is 11.3. The van der Waals surface area contributed by atoms with E-state index in [0.29, 0.717) is 11.5 Å². The first-order chi connectivity index (χ1) is 8.45. The molecule has 0 aliphatic carbocycles. The highest BCUT2D eigenvalue weighted by Gasteiger charge is 2.06. The van der Waals surface area contributed by atoms with E-state index in [0.717, 1.165) is 3.57 Å². The molecular formula is C13H10IO3S. The first-order valence-electron chi connectivity index (χ1n) is 5.10. The molecule has 0 bridgehead atoms. The van der Waals surface area contributed by atoms with Gasteiger partial charge in [0.05, 0.1) is 4.90 Å². The average molecular weight is 373 g/mol. The van der Waals surface area contributed by atoms with Crippen LogP contribution in [0.3, 0.4) is 0 Å². The number of benzene rings is 2. The molecule has 0 aromatic heterocycles. The van der Waals surface area contributed by atoms with Crippen molar-refractivity contribution < 1.29 is 13.2 Å². The Morgan fingerprint density at radius 2 is 1.78 bits per heavy atom. The third-order valence-electron chi connectivity index (χ3n) is 2.21. The lowest BCUT2D eigenvalue weighted by atomic mass is 10.3. The molecule has 0 aliphatic rings. The maximum Gasteiger partial charge on any atom is 0.175 e. The molecule has 2 aromatic rings. The maximum atomic E-state index is 11.3. The van der Waals surface area contributed by atoms with Crippen molar-refractivity contribution in [1.82, 2.24) is 0 Å². The van der Waals surface area contributed by atoms with Crippen LogP contribution in [0.1, 0.15) is 0 Å². The van der Waals surface area contributed by atoms with Gasteiger partial charge in [0.1, 0.15) is 11.5 Å².